The lowest BCUT2D eigenvalue weighted by molar-refractivity contribution is 0.00785. The van der Waals surface area contributed by atoms with Crippen molar-refractivity contribution in [3.63, 3.8) is 0 Å². The van der Waals surface area contributed by atoms with Gasteiger partial charge in [-0.3, -0.25) is 4.98 Å². The quantitative estimate of drug-likeness (QED) is 0.337. The summed E-state index contributed by atoms with van der Waals surface area (Å²) in [5, 5.41) is 0. The Kier molecular flexibility index (Phi) is 8.07. The number of aromatic nitrogens is 2. The Balaban J connectivity index is 1.29. The number of ether oxygens (including phenoxy) is 4. The molecule has 0 radical (unpaired) electrons. The molecule has 11 heteroatoms. The van der Waals surface area contributed by atoms with Crippen LogP contribution >= 0.6 is 0 Å². The maximum atomic E-state index is 13.9. The highest BCUT2D eigenvalue weighted by atomic mass is 16.6. The zero-order valence-corrected chi connectivity index (χ0v) is 26.8. The number of fused-ring (bicyclic) bond motifs is 2. The number of carbonyl (C=O) groups excluding carboxylic acids is 2. The van der Waals surface area contributed by atoms with E-state index in [2.05, 4.69) is 4.90 Å². The van der Waals surface area contributed by atoms with Gasteiger partial charge in [-0.05, 0) is 71.4 Å². The molecule has 3 aliphatic rings. The molecule has 3 aliphatic heterocycles. The lowest BCUT2D eigenvalue weighted by atomic mass is 9.95. The van der Waals surface area contributed by atoms with Gasteiger partial charge in [0.15, 0.2) is 5.82 Å². The van der Waals surface area contributed by atoms with Crippen molar-refractivity contribution in [2.45, 2.75) is 65.3 Å². The van der Waals surface area contributed by atoms with E-state index in [0.717, 1.165) is 41.2 Å². The van der Waals surface area contributed by atoms with E-state index in [1.807, 2.05) is 84.1 Å². The van der Waals surface area contributed by atoms with Crippen molar-refractivity contribution in [3.05, 3.63) is 60.0 Å². The molecule has 0 unspecified atom stereocenters. The molecule has 0 bridgehead atoms. The molecule has 0 aliphatic carbocycles. The third-order valence-corrected chi connectivity index (χ3v) is 7.79. The van der Waals surface area contributed by atoms with Gasteiger partial charge in [-0.2, -0.15) is 0 Å². The Morgan fingerprint density at radius 2 is 1.53 bits per heavy atom. The van der Waals surface area contributed by atoms with E-state index in [1.54, 1.807) is 11.1 Å². The van der Waals surface area contributed by atoms with Gasteiger partial charge < -0.3 is 28.7 Å². The molecule has 3 aromatic rings. The minimum atomic E-state index is -0.718. The number of pyridine rings is 2. The summed E-state index contributed by atoms with van der Waals surface area (Å²) in [5.74, 6) is 1.19. The van der Waals surface area contributed by atoms with E-state index >= 15 is 0 Å². The van der Waals surface area contributed by atoms with Crippen LogP contribution in [0.15, 0.2) is 48.8 Å². The van der Waals surface area contributed by atoms with E-state index in [9.17, 15) is 9.59 Å². The third-order valence-electron chi connectivity index (χ3n) is 7.79. The van der Waals surface area contributed by atoms with E-state index in [1.165, 1.54) is 4.90 Å². The Labute approximate surface area is 264 Å². The number of rotatable bonds is 3. The molecule has 2 aromatic heterocycles. The number of hydrogen-bond acceptors (Lipinski definition) is 9. The smallest absolute Gasteiger partial charge is 0.420 e. The predicted octanol–water partition coefficient (Wildman–Crippen LogP) is 6.28. The predicted molar refractivity (Wildman–Crippen MR) is 170 cm³/mol. The van der Waals surface area contributed by atoms with Crippen molar-refractivity contribution in [1.82, 2.24) is 14.9 Å². The average molecular weight is 616 g/mol. The molecule has 0 saturated carbocycles. The fraction of sp³-hybridized carbons (Fsp3) is 0.471. The first kappa shape index (κ1) is 30.6. The fourth-order valence-corrected chi connectivity index (χ4v) is 5.61. The number of carbonyl (C=O) groups is 2. The number of anilines is 3. The molecule has 238 valence electrons. The molecule has 2 saturated heterocycles. The van der Waals surface area contributed by atoms with Gasteiger partial charge >= 0.3 is 12.2 Å². The van der Waals surface area contributed by atoms with Crippen LogP contribution in [0.25, 0.3) is 11.1 Å². The van der Waals surface area contributed by atoms with Gasteiger partial charge in [0.05, 0.1) is 24.5 Å². The van der Waals surface area contributed by atoms with Crippen LogP contribution in [0.3, 0.4) is 0 Å². The van der Waals surface area contributed by atoms with Gasteiger partial charge in [0.25, 0.3) is 0 Å². The number of nitrogens with zero attached hydrogens (tertiary/aromatic N) is 5. The molecule has 5 heterocycles. The minimum absolute atomic E-state index is 0.151. The molecule has 11 nitrogen and oxygen atoms in total. The first-order chi connectivity index (χ1) is 21.4. The lowest BCUT2D eigenvalue weighted by Gasteiger charge is -2.39. The maximum absolute atomic E-state index is 13.9. The number of morpholine rings is 1. The molecular weight excluding hydrogens is 574 g/mol. The fourth-order valence-electron chi connectivity index (χ4n) is 5.61. The molecule has 6 rings (SSSR count). The van der Waals surface area contributed by atoms with Crippen molar-refractivity contribution in [2.24, 2.45) is 0 Å². The maximum Gasteiger partial charge on any atom is 0.420 e. The van der Waals surface area contributed by atoms with Crippen LogP contribution in [0.2, 0.25) is 0 Å². The highest BCUT2D eigenvalue weighted by Gasteiger charge is 2.36. The Hall–Kier alpha value is -4.38. The number of hydrogen-bond donors (Lipinski definition) is 0. The third kappa shape index (κ3) is 6.68. The Bertz CT molecular complexity index is 1570. The van der Waals surface area contributed by atoms with Gasteiger partial charge in [0.2, 0.25) is 0 Å². The van der Waals surface area contributed by atoms with Crippen molar-refractivity contribution in [3.8, 4) is 16.9 Å². The summed E-state index contributed by atoms with van der Waals surface area (Å²) < 4.78 is 23.3. The molecular formula is C34H41N5O6. The lowest BCUT2D eigenvalue weighted by Crippen LogP contribution is -2.50. The standard InChI is InChI=1S/C34H41N5O6/c1-33(2,3)44-31(40)38-19-24(20-38)26-9-7-23(18-36-26)22-8-10-29-28(17-22)39(32(41)45-34(4,5)6)30-25(21-43-29)27(11-12-35-30)37-13-15-42-16-14-37/h7-12,17-18,24H,13-16,19-21H2,1-6H3. The van der Waals surface area contributed by atoms with Crippen molar-refractivity contribution < 1.29 is 28.5 Å². The van der Waals surface area contributed by atoms with Crippen LogP contribution in [0, 0.1) is 0 Å². The number of benzene rings is 1. The van der Waals surface area contributed by atoms with Crippen LogP contribution in [-0.2, 0) is 20.8 Å². The van der Waals surface area contributed by atoms with E-state index in [4.69, 9.17) is 28.9 Å². The summed E-state index contributed by atoms with van der Waals surface area (Å²) in [5.41, 5.74) is 3.74. The van der Waals surface area contributed by atoms with Crippen LogP contribution in [0.4, 0.5) is 26.8 Å². The van der Waals surface area contributed by atoms with Crippen LogP contribution in [0.1, 0.15) is 58.7 Å². The highest BCUT2D eigenvalue weighted by Crippen LogP contribution is 2.44. The SMILES string of the molecule is CC(C)(C)OC(=O)N1CC(c2ccc(-c3ccc4c(c3)N(C(=O)OC(C)(C)C)c3nccc(N5CCOCC5)c3CO4)cn2)C1. The molecule has 0 spiro atoms. The molecule has 45 heavy (non-hydrogen) atoms. The number of likely N-dealkylation sites (tertiary alicyclic amines) is 1. The van der Waals surface area contributed by atoms with Crippen LogP contribution in [0.5, 0.6) is 5.75 Å². The summed E-state index contributed by atoms with van der Waals surface area (Å²) in [6.07, 6.45) is 2.71. The summed E-state index contributed by atoms with van der Waals surface area (Å²) in [6, 6.07) is 11.7. The molecule has 0 N–H and O–H groups in total. The average Bonchev–Trinajstić information content (AvgIpc) is 3.12. The van der Waals surface area contributed by atoms with Crippen molar-refractivity contribution in [1.29, 1.82) is 0 Å². The second kappa shape index (κ2) is 11.8. The first-order valence-corrected chi connectivity index (χ1v) is 15.4. The van der Waals surface area contributed by atoms with Gasteiger partial charge in [-0.25, -0.2) is 19.5 Å². The molecule has 2 amide bonds. The van der Waals surface area contributed by atoms with E-state index < -0.39 is 17.3 Å². The Morgan fingerprint density at radius 3 is 2.20 bits per heavy atom. The van der Waals surface area contributed by atoms with Crippen LogP contribution in [-0.4, -0.2) is 77.6 Å². The first-order valence-electron chi connectivity index (χ1n) is 15.4. The Morgan fingerprint density at radius 1 is 0.844 bits per heavy atom. The highest BCUT2D eigenvalue weighted by molar-refractivity contribution is 5.99. The van der Waals surface area contributed by atoms with E-state index in [0.29, 0.717) is 43.6 Å². The van der Waals surface area contributed by atoms with Gasteiger partial charge in [0, 0.05) is 61.4 Å². The zero-order chi connectivity index (χ0) is 31.9. The molecule has 0 atom stereocenters. The van der Waals surface area contributed by atoms with E-state index in [-0.39, 0.29) is 18.6 Å². The zero-order valence-electron chi connectivity index (χ0n) is 26.8. The molecule has 1 aromatic carbocycles. The normalized spacial score (nSPS) is 17.0. The topological polar surface area (TPSA) is 107 Å². The minimum Gasteiger partial charge on any atom is -0.486 e. The van der Waals surface area contributed by atoms with Crippen LogP contribution < -0.4 is 14.5 Å². The monoisotopic (exact) mass is 615 g/mol. The summed E-state index contributed by atoms with van der Waals surface area (Å²) in [7, 11) is 0. The van der Waals surface area contributed by atoms with Crippen molar-refractivity contribution in [2.75, 3.05) is 49.2 Å². The second-order valence-corrected chi connectivity index (χ2v) is 13.6. The largest absolute Gasteiger partial charge is 0.486 e. The van der Waals surface area contributed by atoms with Crippen molar-refractivity contribution >= 4 is 29.4 Å². The summed E-state index contributed by atoms with van der Waals surface area (Å²) in [6.45, 7) is 15.3. The summed E-state index contributed by atoms with van der Waals surface area (Å²) >= 11 is 0. The van der Waals surface area contributed by atoms with Gasteiger partial charge in [0.1, 0.15) is 23.6 Å². The van der Waals surface area contributed by atoms with Gasteiger partial charge in [-0.1, -0.05) is 12.1 Å². The second-order valence-electron chi connectivity index (χ2n) is 13.6. The molecule has 2 fully saturated rings. The summed E-state index contributed by atoms with van der Waals surface area (Å²) in [4.78, 5) is 41.1. The van der Waals surface area contributed by atoms with Gasteiger partial charge in [-0.15, -0.1) is 0 Å². The number of amides is 2.